The van der Waals surface area contributed by atoms with Gasteiger partial charge in [-0.3, -0.25) is 4.79 Å². The second-order valence-electron chi connectivity index (χ2n) is 4.83. The molecule has 0 aliphatic carbocycles. The fourth-order valence-electron chi connectivity index (χ4n) is 2.25. The predicted molar refractivity (Wildman–Crippen MR) is 74.8 cm³/mol. The number of nitrogens with zero attached hydrogens (tertiary/aromatic N) is 2. The van der Waals surface area contributed by atoms with Crippen LogP contribution in [0.3, 0.4) is 0 Å². The number of hydrogen-bond acceptors (Lipinski definition) is 2. The number of carbonyl (C=O) groups excluding carboxylic acids is 1. The molecule has 0 saturated carbocycles. The number of imidazole rings is 1. The Morgan fingerprint density at radius 3 is 2.57 bits per heavy atom. The summed E-state index contributed by atoms with van der Waals surface area (Å²) in [5.41, 5.74) is 1.67. The molecule has 0 N–H and O–H groups in total. The van der Waals surface area contributed by atoms with E-state index >= 15 is 0 Å². The summed E-state index contributed by atoms with van der Waals surface area (Å²) in [6.45, 7) is 0.0798. The van der Waals surface area contributed by atoms with Gasteiger partial charge in [-0.25, -0.2) is 13.8 Å². The summed E-state index contributed by atoms with van der Waals surface area (Å²) in [7, 11) is 0. The minimum absolute atomic E-state index is 0.0229. The van der Waals surface area contributed by atoms with E-state index in [-0.39, 0.29) is 12.3 Å². The number of aromatic nitrogens is 2. The van der Waals surface area contributed by atoms with Gasteiger partial charge in [0.05, 0.1) is 23.9 Å². The van der Waals surface area contributed by atoms with Crippen LogP contribution in [0.2, 0.25) is 0 Å². The Kier molecular flexibility index (Phi) is 3.48. The highest BCUT2D eigenvalue weighted by Crippen LogP contribution is 2.17. The number of halogens is 2. The second-order valence-corrected chi connectivity index (χ2v) is 4.83. The molecule has 0 unspecified atom stereocenters. The smallest absolute Gasteiger partial charge is 0.161 e. The van der Waals surface area contributed by atoms with Crippen molar-refractivity contribution < 1.29 is 13.6 Å². The van der Waals surface area contributed by atoms with Gasteiger partial charge in [0, 0.05) is 18.6 Å². The Morgan fingerprint density at radius 2 is 1.81 bits per heavy atom. The van der Waals surface area contributed by atoms with Crippen molar-refractivity contribution in [2.24, 2.45) is 0 Å². The zero-order valence-corrected chi connectivity index (χ0v) is 11.1. The summed E-state index contributed by atoms with van der Waals surface area (Å²) in [5, 5.41) is 0. The van der Waals surface area contributed by atoms with Gasteiger partial charge in [0.15, 0.2) is 17.4 Å². The van der Waals surface area contributed by atoms with E-state index in [1.807, 2.05) is 30.3 Å². The van der Waals surface area contributed by atoms with Crippen LogP contribution in [0.5, 0.6) is 0 Å². The number of ketones is 1. The maximum atomic E-state index is 13.3. The van der Waals surface area contributed by atoms with Gasteiger partial charge in [-0.1, -0.05) is 30.3 Å². The lowest BCUT2D eigenvalue weighted by Crippen LogP contribution is -2.11. The normalized spacial score (nSPS) is 11.0. The van der Waals surface area contributed by atoms with E-state index in [0.717, 1.165) is 17.7 Å². The lowest BCUT2D eigenvalue weighted by Gasteiger charge is -2.04. The zero-order valence-electron chi connectivity index (χ0n) is 11.1. The summed E-state index contributed by atoms with van der Waals surface area (Å²) in [6.07, 6.45) is 1.72. The Morgan fingerprint density at radius 1 is 1.10 bits per heavy atom. The number of benzene rings is 2. The molecule has 1 aromatic heterocycles. The van der Waals surface area contributed by atoms with Gasteiger partial charge in [-0.05, 0) is 5.56 Å². The molecular formula is C16H12F2N2O. The van der Waals surface area contributed by atoms with E-state index in [1.165, 1.54) is 10.9 Å². The molecule has 0 saturated heterocycles. The van der Waals surface area contributed by atoms with Crippen LogP contribution in [0, 0.1) is 11.6 Å². The highest BCUT2D eigenvalue weighted by Gasteiger charge is 2.11. The van der Waals surface area contributed by atoms with E-state index < -0.39 is 11.6 Å². The van der Waals surface area contributed by atoms with Gasteiger partial charge in [0.2, 0.25) is 0 Å². The molecule has 0 atom stereocenters. The van der Waals surface area contributed by atoms with Crippen LogP contribution in [0.1, 0.15) is 5.56 Å². The minimum Gasteiger partial charge on any atom is -0.323 e. The van der Waals surface area contributed by atoms with Crippen molar-refractivity contribution in [1.29, 1.82) is 0 Å². The predicted octanol–water partition coefficient (Wildman–Crippen LogP) is 3.13. The molecule has 5 heteroatoms. The molecule has 0 aliphatic rings. The highest BCUT2D eigenvalue weighted by molar-refractivity contribution is 5.83. The van der Waals surface area contributed by atoms with E-state index in [9.17, 15) is 13.6 Å². The van der Waals surface area contributed by atoms with Gasteiger partial charge in [0.25, 0.3) is 0 Å². The molecule has 3 nitrogen and oxygen atoms in total. The van der Waals surface area contributed by atoms with Crippen LogP contribution < -0.4 is 0 Å². The molecule has 3 aromatic rings. The van der Waals surface area contributed by atoms with Crippen molar-refractivity contribution in [2.75, 3.05) is 0 Å². The maximum Gasteiger partial charge on any atom is 0.161 e. The molecule has 0 bridgehead atoms. The largest absolute Gasteiger partial charge is 0.323 e. The van der Waals surface area contributed by atoms with Gasteiger partial charge >= 0.3 is 0 Å². The molecule has 0 fully saturated rings. The van der Waals surface area contributed by atoms with E-state index in [0.29, 0.717) is 17.5 Å². The van der Waals surface area contributed by atoms with Crippen LogP contribution in [-0.2, 0) is 17.8 Å². The summed E-state index contributed by atoms with van der Waals surface area (Å²) in [6, 6.07) is 11.5. The number of hydrogen-bond donors (Lipinski definition) is 0. The summed E-state index contributed by atoms with van der Waals surface area (Å²) in [4.78, 5) is 16.0. The average Bonchev–Trinajstić information content (AvgIpc) is 2.83. The van der Waals surface area contributed by atoms with Crippen molar-refractivity contribution in [3.05, 3.63) is 66.0 Å². The molecule has 1 heterocycles. The quantitative estimate of drug-likeness (QED) is 0.738. The van der Waals surface area contributed by atoms with Crippen molar-refractivity contribution in [1.82, 2.24) is 9.55 Å². The summed E-state index contributed by atoms with van der Waals surface area (Å²) < 4.78 is 27.9. The number of carbonyl (C=O) groups is 1. The second kappa shape index (κ2) is 5.44. The Balaban J connectivity index is 1.82. The molecule has 0 aliphatic heterocycles. The lowest BCUT2D eigenvalue weighted by atomic mass is 10.1. The third kappa shape index (κ3) is 2.81. The third-order valence-electron chi connectivity index (χ3n) is 3.25. The van der Waals surface area contributed by atoms with E-state index in [2.05, 4.69) is 4.98 Å². The summed E-state index contributed by atoms with van der Waals surface area (Å²) in [5.74, 6) is -1.91. The molecule has 21 heavy (non-hydrogen) atoms. The summed E-state index contributed by atoms with van der Waals surface area (Å²) >= 11 is 0. The third-order valence-corrected chi connectivity index (χ3v) is 3.25. The van der Waals surface area contributed by atoms with Crippen LogP contribution in [-0.4, -0.2) is 15.3 Å². The van der Waals surface area contributed by atoms with Gasteiger partial charge in [-0.15, -0.1) is 0 Å². The van der Waals surface area contributed by atoms with E-state index in [1.54, 1.807) is 0 Å². The van der Waals surface area contributed by atoms with Crippen LogP contribution in [0.25, 0.3) is 11.0 Å². The molecule has 2 aromatic carbocycles. The number of Topliss-reactive ketones (excluding diaryl/α,β-unsaturated/α-hetero) is 1. The van der Waals surface area contributed by atoms with Gasteiger partial charge in [-0.2, -0.15) is 0 Å². The van der Waals surface area contributed by atoms with Crippen molar-refractivity contribution in [3.8, 4) is 0 Å². The lowest BCUT2D eigenvalue weighted by molar-refractivity contribution is -0.118. The molecule has 0 amide bonds. The maximum absolute atomic E-state index is 13.3. The molecule has 0 spiro atoms. The van der Waals surface area contributed by atoms with Crippen molar-refractivity contribution in [3.63, 3.8) is 0 Å². The SMILES string of the molecule is O=C(Cc1ccccc1)Cn1cnc2cc(F)c(F)cc21. The molecule has 3 rings (SSSR count). The minimum atomic E-state index is -0.945. The first-order chi connectivity index (χ1) is 10.1. The monoisotopic (exact) mass is 286 g/mol. The Labute approximate surface area is 119 Å². The van der Waals surface area contributed by atoms with Gasteiger partial charge in [0.1, 0.15) is 0 Å². The van der Waals surface area contributed by atoms with Crippen molar-refractivity contribution >= 4 is 16.8 Å². The first kappa shape index (κ1) is 13.4. The number of fused-ring (bicyclic) bond motifs is 1. The zero-order chi connectivity index (χ0) is 14.8. The fourth-order valence-corrected chi connectivity index (χ4v) is 2.25. The highest BCUT2D eigenvalue weighted by atomic mass is 19.2. The van der Waals surface area contributed by atoms with Crippen LogP contribution >= 0.6 is 0 Å². The molecular weight excluding hydrogens is 274 g/mol. The van der Waals surface area contributed by atoms with E-state index in [4.69, 9.17) is 0 Å². The van der Waals surface area contributed by atoms with Crippen molar-refractivity contribution in [2.45, 2.75) is 13.0 Å². The molecule has 106 valence electrons. The first-order valence-corrected chi connectivity index (χ1v) is 6.49. The standard InChI is InChI=1S/C16H12F2N2O/c17-13-7-15-16(8-14(13)18)20(10-19-15)9-12(21)6-11-4-2-1-3-5-11/h1-5,7-8,10H,6,9H2. The first-order valence-electron chi connectivity index (χ1n) is 6.49. The average molecular weight is 286 g/mol. The van der Waals surface area contributed by atoms with Crippen LogP contribution in [0.4, 0.5) is 8.78 Å². The van der Waals surface area contributed by atoms with Crippen LogP contribution in [0.15, 0.2) is 48.8 Å². The Hall–Kier alpha value is -2.56. The number of rotatable bonds is 4. The molecule has 0 radical (unpaired) electrons. The fraction of sp³-hybridized carbons (Fsp3) is 0.125. The van der Waals surface area contributed by atoms with Gasteiger partial charge < -0.3 is 4.57 Å². The Bertz CT molecular complexity index is 797. The topological polar surface area (TPSA) is 34.9 Å².